The summed E-state index contributed by atoms with van der Waals surface area (Å²) in [6, 6.07) is 10.7. The third-order valence-corrected chi connectivity index (χ3v) is 10.6. The van der Waals surface area contributed by atoms with Gasteiger partial charge >= 0.3 is 0 Å². The molecule has 0 radical (unpaired) electrons. The molecule has 0 saturated carbocycles. The number of benzene rings is 2. The summed E-state index contributed by atoms with van der Waals surface area (Å²) >= 11 is 0. The zero-order chi connectivity index (χ0) is 37.6. The Labute approximate surface area is 302 Å². The van der Waals surface area contributed by atoms with Crippen LogP contribution in [0, 0.1) is 5.92 Å². The van der Waals surface area contributed by atoms with E-state index in [0.29, 0.717) is 34.9 Å². The number of carbonyl (C=O) groups is 5. The number of nitrogens with one attached hydrogen (secondary N) is 5. The van der Waals surface area contributed by atoms with E-state index in [2.05, 4.69) is 36.7 Å². The zero-order valence-electron chi connectivity index (χ0n) is 29.6. The summed E-state index contributed by atoms with van der Waals surface area (Å²) in [6.07, 6.45) is 1.01. The SMILES string of the molecule is CC(C)C[C@H]1NC(=O)[C@@H](C)NC(=O)CN(S(=O)(=O)c2ccc3c(c2)CCC(=O)N3)CCCNC(=O)Cn2nc(-c3ccccc3)nc2[C@H](C)NC1=O. The van der Waals surface area contributed by atoms with Crippen molar-refractivity contribution >= 4 is 45.2 Å². The number of fused-ring (bicyclic) bond motifs is 2. The van der Waals surface area contributed by atoms with Crippen LogP contribution in [-0.2, 0) is 47.0 Å². The Hall–Kier alpha value is -5.16. The van der Waals surface area contributed by atoms with E-state index in [1.54, 1.807) is 6.92 Å². The first-order valence-corrected chi connectivity index (χ1v) is 18.7. The number of aryl methyl sites for hydroxylation is 1. The van der Waals surface area contributed by atoms with Crippen molar-refractivity contribution in [2.24, 2.45) is 5.92 Å². The molecule has 52 heavy (non-hydrogen) atoms. The predicted octanol–water partition coefficient (Wildman–Crippen LogP) is 1.25. The van der Waals surface area contributed by atoms with Crippen LogP contribution in [0.25, 0.3) is 11.4 Å². The quantitative estimate of drug-likeness (QED) is 0.255. The molecule has 3 atom stereocenters. The number of nitrogens with zero attached hydrogens (tertiary/aromatic N) is 4. The fourth-order valence-electron chi connectivity index (χ4n) is 6.02. The number of rotatable bonds is 5. The number of amides is 5. The maximum atomic E-state index is 14.0. The van der Waals surface area contributed by atoms with Crippen LogP contribution in [0.2, 0.25) is 0 Å². The molecule has 5 rings (SSSR count). The Morgan fingerprint density at radius 1 is 0.846 bits per heavy atom. The number of sulfonamides is 1. The predicted molar refractivity (Wildman–Crippen MR) is 191 cm³/mol. The van der Waals surface area contributed by atoms with E-state index < -0.39 is 58.3 Å². The maximum Gasteiger partial charge on any atom is 0.243 e. The van der Waals surface area contributed by atoms with E-state index in [-0.39, 0.29) is 55.6 Å². The van der Waals surface area contributed by atoms with E-state index in [1.807, 2.05) is 44.2 Å². The highest BCUT2D eigenvalue weighted by atomic mass is 32.2. The third kappa shape index (κ3) is 9.38. The lowest BCUT2D eigenvalue weighted by molar-refractivity contribution is -0.132. The molecule has 1 aromatic heterocycles. The lowest BCUT2D eigenvalue weighted by atomic mass is 10.0. The van der Waals surface area contributed by atoms with E-state index in [1.165, 1.54) is 29.8 Å². The Morgan fingerprint density at radius 3 is 2.33 bits per heavy atom. The minimum absolute atomic E-state index is 0.00789. The Bertz CT molecular complexity index is 1930. The van der Waals surface area contributed by atoms with Crippen LogP contribution in [0.4, 0.5) is 5.69 Å². The second-order valence-electron chi connectivity index (χ2n) is 13.4. The molecule has 3 aromatic rings. The average molecular weight is 736 g/mol. The van der Waals surface area contributed by atoms with Gasteiger partial charge in [0.25, 0.3) is 0 Å². The highest BCUT2D eigenvalue weighted by Gasteiger charge is 2.31. The fraction of sp³-hybridized carbons (Fsp3) is 0.457. The lowest BCUT2D eigenvalue weighted by Gasteiger charge is -2.25. The Balaban J connectivity index is 1.44. The molecule has 0 bridgehead atoms. The van der Waals surface area contributed by atoms with Gasteiger partial charge in [0, 0.05) is 30.8 Å². The number of anilines is 1. The van der Waals surface area contributed by atoms with Crippen molar-refractivity contribution in [2.75, 3.05) is 25.0 Å². The minimum atomic E-state index is -4.25. The molecule has 5 amide bonds. The molecule has 16 nitrogen and oxygen atoms in total. The van der Waals surface area contributed by atoms with Crippen molar-refractivity contribution < 1.29 is 32.4 Å². The Kier molecular flexibility index (Phi) is 12.1. The highest BCUT2D eigenvalue weighted by molar-refractivity contribution is 7.89. The van der Waals surface area contributed by atoms with Gasteiger partial charge in [-0.05, 0) is 62.8 Å². The molecule has 5 N–H and O–H groups in total. The van der Waals surface area contributed by atoms with Crippen LogP contribution in [0.15, 0.2) is 53.4 Å². The van der Waals surface area contributed by atoms with Gasteiger partial charge in [-0.25, -0.2) is 18.1 Å². The topological polar surface area (TPSA) is 214 Å². The van der Waals surface area contributed by atoms with Crippen LogP contribution < -0.4 is 26.6 Å². The molecule has 17 heteroatoms. The molecule has 0 saturated heterocycles. The molecule has 2 aliphatic heterocycles. The molecule has 0 spiro atoms. The van der Waals surface area contributed by atoms with Crippen molar-refractivity contribution in [2.45, 2.75) is 82.9 Å². The second-order valence-corrected chi connectivity index (χ2v) is 15.4. The second kappa shape index (κ2) is 16.5. The van der Waals surface area contributed by atoms with Crippen LogP contribution in [0.3, 0.4) is 0 Å². The van der Waals surface area contributed by atoms with Gasteiger partial charge in [0.2, 0.25) is 39.6 Å². The van der Waals surface area contributed by atoms with Crippen molar-refractivity contribution in [3.8, 4) is 11.4 Å². The summed E-state index contributed by atoms with van der Waals surface area (Å²) in [7, 11) is -4.25. The minimum Gasteiger partial charge on any atom is -0.354 e. The van der Waals surface area contributed by atoms with Crippen molar-refractivity contribution in [1.29, 1.82) is 0 Å². The highest BCUT2D eigenvalue weighted by Crippen LogP contribution is 2.27. The van der Waals surface area contributed by atoms with Gasteiger partial charge in [0.15, 0.2) is 5.82 Å². The molecule has 3 heterocycles. The monoisotopic (exact) mass is 735 g/mol. The first-order valence-electron chi connectivity index (χ1n) is 17.3. The van der Waals surface area contributed by atoms with Crippen LogP contribution >= 0.6 is 0 Å². The number of hydrogen-bond donors (Lipinski definition) is 5. The fourth-order valence-corrected chi connectivity index (χ4v) is 7.51. The zero-order valence-corrected chi connectivity index (χ0v) is 30.5. The van der Waals surface area contributed by atoms with E-state index in [0.717, 1.165) is 4.31 Å². The van der Waals surface area contributed by atoms with Crippen molar-refractivity contribution in [3.05, 3.63) is 59.9 Å². The third-order valence-electron chi connectivity index (χ3n) is 8.72. The summed E-state index contributed by atoms with van der Waals surface area (Å²) in [5, 5.41) is 18.3. The molecular weight excluding hydrogens is 691 g/mol. The van der Waals surface area contributed by atoms with Crippen LogP contribution in [0.1, 0.15) is 64.4 Å². The smallest absolute Gasteiger partial charge is 0.243 e. The first kappa shape index (κ1) is 38.1. The number of hydrogen-bond acceptors (Lipinski definition) is 9. The molecular formula is C35H45N9O7S. The first-order chi connectivity index (χ1) is 24.7. The van der Waals surface area contributed by atoms with Gasteiger partial charge in [-0.1, -0.05) is 44.2 Å². The van der Waals surface area contributed by atoms with Crippen molar-refractivity contribution in [3.63, 3.8) is 0 Å². The molecule has 0 unspecified atom stereocenters. The van der Waals surface area contributed by atoms with Gasteiger partial charge in [-0.15, -0.1) is 0 Å². The van der Waals surface area contributed by atoms with Gasteiger partial charge in [0.05, 0.1) is 17.5 Å². The normalized spacial score (nSPS) is 21.6. The summed E-state index contributed by atoms with van der Waals surface area (Å²) in [5.74, 6) is -1.76. The molecule has 278 valence electrons. The number of aromatic nitrogens is 3. The van der Waals surface area contributed by atoms with Gasteiger partial charge in [0.1, 0.15) is 24.5 Å². The molecule has 2 aliphatic rings. The molecule has 2 aromatic carbocycles. The van der Waals surface area contributed by atoms with Crippen LogP contribution in [0.5, 0.6) is 0 Å². The van der Waals surface area contributed by atoms with Crippen molar-refractivity contribution in [1.82, 2.24) is 40.3 Å². The average Bonchev–Trinajstić information content (AvgIpc) is 3.52. The summed E-state index contributed by atoms with van der Waals surface area (Å²) in [4.78, 5) is 69.8. The largest absolute Gasteiger partial charge is 0.354 e. The van der Waals surface area contributed by atoms with E-state index in [4.69, 9.17) is 0 Å². The van der Waals surface area contributed by atoms with Gasteiger partial charge < -0.3 is 26.6 Å². The van der Waals surface area contributed by atoms with Gasteiger partial charge in [-0.3, -0.25) is 24.0 Å². The summed E-state index contributed by atoms with van der Waals surface area (Å²) < 4.78 is 30.3. The summed E-state index contributed by atoms with van der Waals surface area (Å²) in [5.41, 5.74) is 1.88. The van der Waals surface area contributed by atoms with E-state index in [9.17, 15) is 32.4 Å². The van der Waals surface area contributed by atoms with Crippen LogP contribution in [-0.4, -0.2) is 88.7 Å². The number of carbonyl (C=O) groups excluding carboxylic acids is 5. The molecule has 0 fully saturated rings. The standard InChI is InChI=1S/C35H45N9O7S/c1-21(2)17-28-35(49)38-22(3)33-41-32(24-9-6-5-7-10-24)42-44(33)20-30(46)36-15-8-16-43(19-31(47)37-23(4)34(48)40-28)52(50,51)26-12-13-27-25(18-26)11-14-29(45)39-27/h5-7,9-10,12-13,18,21-23,28H,8,11,14-17,19-20H2,1-4H3,(H,36,46)(H,37,47)(H,38,49)(H,39,45)(H,40,48)/t22-,23+,28+/m0/s1. The maximum absolute atomic E-state index is 14.0. The summed E-state index contributed by atoms with van der Waals surface area (Å²) in [6.45, 7) is 6.04. The van der Waals surface area contributed by atoms with E-state index >= 15 is 0 Å². The van der Waals surface area contributed by atoms with Gasteiger partial charge in [-0.2, -0.15) is 9.40 Å². The molecule has 0 aliphatic carbocycles. The lowest BCUT2D eigenvalue weighted by Crippen LogP contribution is -2.54. The Morgan fingerprint density at radius 2 is 1.60 bits per heavy atom.